The van der Waals surface area contributed by atoms with Crippen LogP contribution >= 0.6 is 0 Å². The van der Waals surface area contributed by atoms with Crippen LogP contribution in [0.15, 0.2) is 97.1 Å². The van der Waals surface area contributed by atoms with E-state index in [0.717, 1.165) is 41.9 Å². The minimum Gasteiger partial charge on any atom is -0.323 e. The zero-order chi connectivity index (χ0) is 26.6. The first-order valence-electron chi connectivity index (χ1n) is 12.4. The molecule has 8 heteroatoms. The molecule has 1 aliphatic carbocycles. The van der Waals surface area contributed by atoms with Gasteiger partial charge < -0.3 is 5.32 Å². The molecule has 190 valence electrons. The van der Waals surface area contributed by atoms with Crippen molar-refractivity contribution in [1.82, 2.24) is 20.2 Å². The number of anilines is 2. The van der Waals surface area contributed by atoms with E-state index in [0.29, 0.717) is 16.7 Å². The van der Waals surface area contributed by atoms with Gasteiger partial charge in [0.25, 0.3) is 0 Å². The summed E-state index contributed by atoms with van der Waals surface area (Å²) in [5.74, 6) is -4.20. The Kier molecular flexibility index (Phi) is 5.23. The van der Waals surface area contributed by atoms with Crippen LogP contribution < -0.4 is 5.32 Å². The van der Waals surface area contributed by atoms with Gasteiger partial charge in [0.05, 0.1) is 11.2 Å². The fraction of sp³-hybridized carbons (Fsp3) is 0.0645. The van der Waals surface area contributed by atoms with Gasteiger partial charge in [-0.05, 0) is 65.1 Å². The Morgan fingerprint density at radius 2 is 1.51 bits per heavy atom. The van der Waals surface area contributed by atoms with Crippen molar-refractivity contribution >= 4 is 22.5 Å². The van der Waals surface area contributed by atoms with E-state index >= 15 is 8.78 Å². The third kappa shape index (κ3) is 3.92. The van der Waals surface area contributed by atoms with Crippen molar-refractivity contribution in [1.29, 1.82) is 0 Å². The number of fused-ring (bicyclic) bond motifs is 4. The maximum atomic E-state index is 15.4. The predicted octanol–water partition coefficient (Wildman–Crippen LogP) is 7.61. The number of hydrogen-bond donors (Lipinski definition) is 2. The van der Waals surface area contributed by atoms with Crippen molar-refractivity contribution in [3.63, 3.8) is 0 Å². The van der Waals surface area contributed by atoms with Crippen LogP contribution in [-0.4, -0.2) is 20.2 Å². The maximum Gasteiger partial charge on any atom is 0.331 e. The molecule has 4 aromatic carbocycles. The second-order valence-electron chi connectivity index (χ2n) is 9.45. The number of nitrogens with zero attached hydrogens (tertiary/aromatic N) is 3. The summed E-state index contributed by atoms with van der Waals surface area (Å²) in [7, 11) is 0. The number of aromatic nitrogens is 4. The molecule has 0 atom stereocenters. The van der Waals surface area contributed by atoms with E-state index < -0.39 is 23.1 Å². The highest BCUT2D eigenvalue weighted by Gasteiger charge is 2.38. The lowest BCUT2D eigenvalue weighted by Gasteiger charge is -2.17. The number of nitrogens with one attached hydrogen (secondary N) is 2. The van der Waals surface area contributed by atoms with Crippen LogP contribution in [-0.2, 0) is 12.3 Å². The molecule has 2 heterocycles. The van der Waals surface area contributed by atoms with E-state index in [1.54, 1.807) is 24.3 Å². The van der Waals surface area contributed by atoms with Crippen molar-refractivity contribution in [2.45, 2.75) is 12.3 Å². The van der Waals surface area contributed by atoms with E-state index in [1.807, 2.05) is 30.3 Å². The molecule has 7 rings (SSSR count). The molecule has 39 heavy (non-hydrogen) atoms. The van der Waals surface area contributed by atoms with Crippen LogP contribution in [0.5, 0.6) is 0 Å². The molecule has 0 unspecified atom stereocenters. The molecule has 0 bridgehead atoms. The zero-order valence-corrected chi connectivity index (χ0v) is 20.4. The van der Waals surface area contributed by atoms with Crippen LogP contribution in [0.1, 0.15) is 22.5 Å². The van der Waals surface area contributed by atoms with Crippen LogP contribution in [0.2, 0.25) is 0 Å². The second-order valence-corrected chi connectivity index (χ2v) is 9.45. The average Bonchev–Trinajstić information content (AvgIpc) is 3.58. The minimum atomic E-state index is -3.54. The summed E-state index contributed by atoms with van der Waals surface area (Å²) in [5, 5.41) is 11.2. The molecule has 0 amide bonds. The van der Waals surface area contributed by atoms with Gasteiger partial charge in [-0.1, -0.05) is 54.6 Å². The smallest absolute Gasteiger partial charge is 0.323 e. The fourth-order valence-electron chi connectivity index (χ4n) is 5.16. The SMILES string of the molecule is Fc1ccc(C(F)(F)c2nc(Nc3cc(-c4cccc5c4Cc4ccccc4-5)[nH]n3)c3ccccc3n2)cc1. The van der Waals surface area contributed by atoms with Gasteiger partial charge in [-0.3, -0.25) is 5.10 Å². The predicted molar refractivity (Wildman–Crippen MR) is 144 cm³/mol. The fourth-order valence-corrected chi connectivity index (χ4v) is 5.16. The molecule has 2 N–H and O–H groups in total. The Bertz CT molecular complexity index is 1860. The van der Waals surface area contributed by atoms with Crippen molar-refractivity contribution in [3.8, 4) is 22.4 Å². The molecule has 6 aromatic rings. The summed E-state index contributed by atoms with van der Waals surface area (Å²) in [6.07, 6.45) is 0.821. The third-order valence-corrected chi connectivity index (χ3v) is 7.06. The van der Waals surface area contributed by atoms with Gasteiger partial charge in [0.1, 0.15) is 11.6 Å². The van der Waals surface area contributed by atoms with E-state index in [9.17, 15) is 4.39 Å². The van der Waals surface area contributed by atoms with E-state index in [1.165, 1.54) is 22.3 Å². The molecule has 1 aliphatic rings. The number of benzene rings is 4. The topological polar surface area (TPSA) is 66.5 Å². The number of aromatic amines is 1. The Labute approximate surface area is 221 Å². The van der Waals surface area contributed by atoms with Crippen LogP contribution in [0.4, 0.5) is 24.8 Å². The molecule has 0 saturated carbocycles. The summed E-state index contributed by atoms with van der Waals surface area (Å²) in [5.41, 5.74) is 6.70. The number of rotatable bonds is 5. The third-order valence-electron chi connectivity index (χ3n) is 7.06. The van der Waals surface area contributed by atoms with Gasteiger partial charge in [-0.2, -0.15) is 13.9 Å². The summed E-state index contributed by atoms with van der Waals surface area (Å²) in [6, 6.07) is 27.4. The van der Waals surface area contributed by atoms with Gasteiger partial charge in [0.15, 0.2) is 5.82 Å². The van der Waals surface area contributed by atoms with E-state index in [-0.39, 0.29) is 5.82 Å². The monoisotopic (exact) mass is 519 g/mol. The minimum absolute atomic E-state index is 0.195. The molecule has 0 spiro atoms. The maximum absolute atomic E-state index is 15.4. The Hall–Kier alpha value is -4.98. The quantitative estimate of drug-likeness (QED) is 0.246. The van der Waals surface area contributed by atoms with Crippen LogP contribution in [0.25, 0.3) is 33.3 Å². The van der Waals surface area contributed by atoms with Crippen LogP contribution in [0.3, 0.4) is 0 Å². The van der Waals surface area contributed by atoms with Crippen molar-refractivity contribution in [2.75, 3.05) is 5.32 Å². The number of halogens is 3. The van der Waals surface area contributed by atoms with Crippen LogP contribution in [0, 0.1) is 5.82 Å². The Balaban J connectivity index is 1.26. The molecule has 0 fully saturated rings. The number of para-hydroxylation sites is 1. The lowest BCUT2D eigenvalue weighted by atomic mass is 9.99. The molecule has 2 aromatic heterocycles. The summed E-state index contributed by atoms with van der Waals surface area (Å²) in [6.45, 7) is 0. The molecular weight excluding hydrogens is 499 g/mol. The van der Waals surface area contributed by atoms with E-state index in [4.69, 9.17) is 0 Å². The lowest BCUT2D eigenvalue weighted by Crippen LogP contribution is -2.20. The van der Waals surface area contributed by atoms with Crippen molar-refractivity contribution in [3.05, 3.63) is 125 Å². The highest BCUT2D eigenvalue weighted by molar-refractivity contribution is 5.91. The average molecular weight is 520 g/mol. The largest absolute Gasteiger partial charge is 0.331 e. The standard InChI is InChI=1S/C31H20F3N5/c32-20-14-12-19(13-15-20)31(33,34)30-35-26-11-4-3-8-24(26)29(37-30)36-28-17-27(38-39-28)23-10-5-9-22-21-7-2-1-6-18(21)16-25(22)23/h1-15,17H,16H2,(H2,35,36,37,38,39). The Morgan fingerprint density at radius 1 is 0.769 bits per heavy atom. The molecule has 0 radical (unpaired) electrons. The number of alkyl halides is 2. The first kappa shape index (κ1) is 23.2. The highest BCUT2D eigenvalue weighted by atomic mass is 19.3. The lowest BCUT2D eigenvalue weighted by molar-refractivity contribution is 0.0333. The van der Waals surface area contributed by atoms with Gasteiger partial charge in [0, 0.05) is 22.6 Å². The second kappa shape index (κ2) is 8.80. The van der Waals surface area contributed by atoms with Crippen molar-refractivity contribution in [2.24, 2.45) is 0 Å². The van der Waals surface area contributed by atoms with Crippen molar-refractivity contribution < 1.29 is 13.2 Å². The van der Waals surface area contributed by atoms with Gasteiger partial charge in [-0.25, -0.2) is 14.4 Å². The van der Waals surface area contributed by atoms with Gasteiger partial charge >= 0.3 is 5.92 Å². The van der Waals surface area contributed by atoms with Gasteiger partial charge in [-0.15, -0.1) is 0 Å². The van der Waals surface area contributed by atoms with E-state index in [2.05, 4.69) is 43.7 Å². The molecule has 0 aliphatic heterocycles. The number of H-pyrrole nitrogens is 1. The first-order chi connectivity index (χ1) is 19.0. The summed E-state index contributed by atoms with van der Waals surface area (Å²) < 4.78 is 44.2. The highest BCUT2D eigenvalue weighted by Crippen LogP contribution is 2.41. The first-order valence-corrected chi connectivity index (χ1v) is 12.4. The summed E-state index contributed by atoms with van der Waals surface area (Å²) >= 11 is 0. The van der Waals surface area contributed by atoms with Gasteiger partial charge in [0.2, 0.25) is 5.82 Å². The Morgan fingerprint density at radius 3 is 2.38 bits per heavy atom. The molecule has 5 nitrogen and oxygen atoms in total. The molecule has 0 saturated heterocycles. The normalized spacial score (nSPS) is 12.4. The summed E-state index contributed by atoms with van der Waals surface area (Å²) in [4.78, 5) is 8.35. The molecular formula is C31H20F3N5. The zero-order valence-electron chi connectivity index (χ0n) is 20.4. The number of hydrogen-bond acceptors (Lipinski definition) is 4.